The molecule has 1 N–H and O–H groups in total. The van der Waals surface area contributed by atoms with E-state index in [9.17, 15) is 8.78 Å². The Morgan fingerprint density at radius 2 is 1.85 bits per heavy atom. The molecule has 1 atom stereocenters. The van der Waals surface area contributed by atoms with Gasteiger partial charge in [0.2, 0.25) is 11.7 Å². The molecule has 0 radical (unpaired) electrons. The molecule has 6 heteroatoms. The van der Waals surface area contributed by atoms with Crippen LogP contribution in [-0.4, -0.2) is 23.2 Å². The van der Waals surface area contributed by atoms with Gasteiger partial charge in [0.25, 0.3) is 0 Å². The van der Waals surface area contributed by atoms with Gasteiger partial charge < -0.3 is 9.84 Å². The Labute approximate surface area is 116 Å². The second-order valence-electron chi connectivity index (χ2n) is 5.01. The lowest BCUT2D eigenvalue weighted by Gasteiger charge is -2.17. The van der Waals surface area contributed by atoms with Crippen LogP contribution in [-0.2, 0) is 6.42 Å². The van der Waals surface area contributed by atoms with Gasteiger partial charge in [-0.2, -0.15) is 4.98 Å². The average Bonchev–Trinajstić information content (AvgIpc) is 2.83. The van der Waals surface area contributed by atoms with Crippen LogP contribution in [0, 0.1) is 17.6 Å². The van der Waals surface area contributed by atoms with Crippen molar-refractivity contribution in [1.82, 2.24) is 15.5 Å². The van der Waals surface area contributed by atoms with Gasteiger partial charge in [-0.05, 0) is 25.1 Å². The topological polar surface area (TPSA) is 51.0 Å². The third kappa shape index (κ3) is 3.39. The number of hydrogen-bond donors (Lipinski definition) is 1. The summed E-state index contributed by atoms with van der Waals surface area (Å²) in [6, 6.07) is 3.36. The van der Waals surface area contributed by atoms with Crippen LogP contribution < -0.4 is 5.32 Å². The summed E-state index contributed by atoms with van der Waals surface area (Å²) < 4.78 is 31.4. The highest BCUT2D eigenvalue weighted by atomic mass is 19.1. The molecule has 0 aliphatic carbocycles. The molecule has 20 heavy (non-hydrogen) atoms. The average molecular weight is 281 g/mol. The number of nitrogens with zero attached hydrogens (tertiary/aromatic N) is 2. The Kier molecular flexibility index (Phi) is 4.44. The molecule has 0 aliphatic rings. The van der Waals surface area contributed by atoms with Crippen LogP contribution in [0.2, 0.25) is 0 Å². The molecule has 4 nitrogen and oxygen atoms in total. The molecule has 1 heterocycles. The number of benzene rings is 1. The van der Waals surface area contributed by atoms with E-state index in [4.69, 9.17) is 4.52 Å². The number of halogens is 2. The number of rotatable bonds is 5. The molecule has 0 saturated carbocycles. The van der Waals surface area contributed by atoms with Crippen LogP contribution in [0.15, 0.2) is 22.7 Å². The molecular weight excluding hydrogens is 264 g/mol. The van der Waals surface area contributed by atoms with Gasteiger partial charge in [-0.15, -0.1) is 0 Å². The minimum absolute atomic E-state index is 0.192. The first-order valence-corrected chi connectivity index (χ1v) is 6.46. The number of hydrogen-bond acceptors (Lipinski definition) is 4. The molecule has 2 aromatic rings. The summed E-state index contributed by atoms with van der Waals surface area (Å²) in [5.74, 6) is -0.292. The van der Waals surface area contributed by atoms with Gasteiger partial charge >= 0.3 is 0 Å². The summed E-state index contributed by atoms with van der Waals surface area (Å²) >= 11 is 0. The van der Waals surface area contributed by atoms with Crippen molar-refractivity contribution >= 4 is 0 Å². The van der Waals surface area contributed by atoms with Crippen LogP contribution in [0.5, 0.6) is 0 Å². The van der Waals surface area contributed by atoms with E-state index in [-0.39, 0.29) is 17.4 Å². The van der Waals surface area contributed by atoms with E-state index in [2.05, 4.69) is 29.3 Å². The fraction of sp³-hybridized carbons (Fsp3) is 0.429. The van der Waals surface area contributed by atoms with Crippen molar-refractivity contribution in [3.63, 3.8) is 0 Å². The Hall–Kier alpha value is -1.82. The maximum atomic E-state index is 13.2. The van der Waals surface area contributed by atoms with Gasteiger partial charge in [-0.3, -0.25) is 0 Å². The highest BCUT2D eigenvalue weighted by Gasteiger charge is 2.17. The highest BCUT2D eigenvalue weighted by molar-refractivity contribution is 5.54. The fourth-order valence-electron chi connectivity index (χ4n) is 2.00. The lowest BCUT2D eigenvalue weighted by Crippen LogP contribution is -2.32. The normalized spacial score (nSPS) is 12.9. The molecule has 0 spiro atoms. The van der Waals surface area contributed by atoms with Gasteiger partial charge in [-0.25, -0.2) is 8.78 Å². The van der Waals surface area contributed by atoms with Gasteiger partial charge in [0.15, 0.2) is 0 Å². The van der Waals surface area contributed by atoms with E-state index in [0.29, 0.717) is 18.2 Å². The lowest BCUT2D eigenvalue weighted by atomic mass is 10.0. The Balaban J connectivity index is 2.20. The van der Waals surface area contributed by atoms with Crippen LogP contribution >= 0.6 is 0 Å². The third-order valence-electron chi connectivity index (χ3n) is 3.16. The second kappa shape index (κ2) is 6.09. The zero-order valence-electron chi connectivity index (χ0n) is 11.7. The number of nitrogens with one attached hydrogen (secondary N) is 1. The predicted octanol–water partition coefficient (Wildman–Crippen LogP) is 2.80. The minimum atomic E-state index is -0.665. The van der Waals surface area contributed by atoms with Crippen molar-refractivity contribution < 1.29 is 13.3 Å². The molecule has 1 unspecified atom stereocenters. The van der Waals surface area contributed by atoms with Gasteiger partial charge in [0.05, 0.1) is 0 Å². The lowest BCUT2D eigenvalue weighted by molar-refractivity contribution is 0.335. The highest BCUT2D eigenvalue weighted by Crippen LogP contribution is 2.19. The first-order chi connectivity index (χ1) is 9.49. The second-order valence-corrected chi connectivity index (χ2v) is 5.01. The minimum Gasteiger partial charge on any atom is -0.339 e. The first-order valence-electron chi connectivity index (χ1n) is 6.46. The maximum absolute atomic E-state index is 13.2. The molecule has 1 aromatic heterocycles. The summed E-state index contributed by atoms with van der Waals surface area (Å²) in [5, 5.41) is 6.94. The fourth-order valence-corrected chi connectivity index (χ4v) is 2.00. The zero-order chi connectivity index (χ0) is 14.7. The summed E-state index contributed by atoms with van der Waals surface area (Å²) in [6.07, 6.45) is 0.568. The molecule has 0 fully saturated rings. The monoisotopic (exact) mass is 281 g/mol. The molecule has 108 valence electrons. The standard InChI is InChI=1S/C14H17F2N3O/c1-8(2)12(17-3)7-13-18-14(19-20-13)9-4-10(15)6-11(16)5-9/h4-6,8,12,17H,7H2,1-3H3. The van der Waals surface area contributed by atoms with Crippen molar-refractivity contribution in [3.05, 3.63) is 35.7 Å². The van der Waals surface area contributed by atoms with E-state index in [0.717, 1.165) is 6.07 Å². The van der Waals surface area contributed by atoms with E-state index < -0.39 is 11.6 Å². The van der Waals surface area contributed by atoms with E-state index in [1.165, 1.54) is 12.1 Å². The number of aromatic nitrogens is 2. The van der Waals surface area contributed by atoms with Crippen LogP contribution in [0.3, 0.4) is 0 Å². The van der Waals surface area contributed by atoms with Gasteiger partial charge in [0.1, 0.15) is 11.6 Å². The quantitative estimate of drug-likeness (QED) is 0.915. The molecule has 0 saturated heterocycles. The van der Waals surface area contributed by atoms with Crippen molar-refractivity contribution in [2.24, 2.45) is 5.92 Å². The van der Waals surface area contributed by atoms with Crippen LogP contribution in [0.25, 0.3) is 11.4 Å². The Morgan fingerprint density at radius 1 is 1.20 bits per heavy atom. The van der Waals surface area contributed by atoms with Crippen molar-refractivity contribution in [2.75, 3.05) is 7.05 Å². The van der Waals surface area contributed by atoms with E-state index >= 15 is 0 Å². The smallest absolute Gasteiger partial charge is 0.228 e. The Bertz CT molecular complexity index is 563. The van der Waals surface area contributed by atoms with E-state index in [1.54, 1.807) is 0 Å². The van der Waals surface area contributed by atoms with Crippen LogP contribution in [0.4, 0.5) is 8.78 Å². The zero-order valence-corrected chi connectivity index (χ0v) is 11.7. The summed E-state index contributed by atoms with van der Waals surface area (Å²) in [7, 11) is 1.86. The maximum Gasteiger partial charge on any atom is 0.228 e. The number of likely N-dealkylation sites (N-methyl/N-ethyl adjacent to an activating group) is 1. The molecule has 1 aromatic carbocycles. The SMILES string of the molecule is CNC(Cc1nc(-c2cc(F)cc(F)c2)no1)C(C)C. The molecule has 0 aliphatic heterocycles. The molecule has 2 rings (SSSR count). The molecule has 0 amide bonds. The summed E-state index contributed by atoms with van der Waals surface area (Å²) in [4.78, 5) is 4.18. The van der Waals surface area contributed by atoms with Crippen molar-refractivity contribution in [2.45, 2.75) is 26.3 Å². The first kappa shape index (κ1) is 14.6. The van der Waals surface area contributed by atoms with Gasteiger partial charge in [0, 0.05) is 24.1 Å². The third-order valence-corrected chi connectivity index (χ3v) is 3.16. The largest absolute Gasteiger partial charge is 0.339 e. The summed E-state index contributed by atoms with van der Waals surface area (Å²) in [5.41, 5.74) is 0.267. The molecule has 0 bridgehead atoms. The van der Waals surface area contributed by atoms with Gasteiger partial charge in [-0.1, -0.05) is 19.0 Å². The van der Waals surface area contributed by atoms with E-state index in [1.807, 2.05) is 7.05 Å². The van der Waals surface area contributed by atoms with Crippen molar-refractivity contribution in [1.29, 1.82) is 0 Å². The predicted molar refractivity (Wildman–Crippen MR) is 71.0 cm³/mol. The molecular formula is C14H17F2N3O. The van der Waals surface area contributed by atoms with Crippen molar-refractivity contribution in [3.8, 4) is 11.4 Å². The Morgan fingerprint density at radius 3 is 2.40 bits per heavy atom. The summed E-state index contributed by atoms with van der Waals surface area (Å²) in [6.45, 7) is 4.17. The van der Waals surface area contributed by atoms with Crippen LogP contribution in [0.1, 0.15) is 19.7 Å².